The second-order valence-corrected chi connectivity index (χ2v) is 9.59. The van der Waals surface area contributed by atoms with Crippen molar-refractivity contribution in [1.29, 1.82) is 0 Å². The van der Waals surface area contributed by atoms with E-state index in [0.717, 1.165) is 26.4 Å². The Morgan fingerprint density at radius 2 is 2.00 bits per heavy atom. The lowest BCUT2D eigenvalue weighted by molar-refractivity contribution is 0.0971. The number of thiazole rings is 1. The molecule has 1 aliphatic heterocycles. The second kappa shape index (κ2) is 7.01. The highest BCUT2D eigenvalue weighted by molar-refractivity contribution is 7.22. The summed E-state index contributed by atoms with van der Waals surface area (Å²) in [5.74, 6) is 0.447. The van der Waals surface area contributed by atoms with Crippen LogP contribution in [0.3, 0.4) is 0 Å². The van der Waals surface area contributed by atoms with E-state index in [1.165, 1.54) is 22.7 Å². The minimum Gasteiger partial charge on any atom is -0.497 e. The molecule has 0 saturated heterocycles. The van der Waals surface area contributed by atoms with Crippen LogP contribution in [-0.2, 0) is 0 Å². The van der Waals surface area contributed by atoms with Crippen LogP contribution in [-0.4, -0.2) is 18.0 Å². The molecule has 158 valence electrons. The Labute approximate surface area is 190 Å². The van der Waals surface area contributed by atoms with Gasteiger partial charge in [-0.15, -0.1) is 11.3 Å². The summed E-state index contributed by atoms with van der Waals surface area (Å²) in [6.45, 7) is 1.93. The highest BCUT2D eigenvalue weighted by Crippen LogP contribution is 2.45. The van der Waals surface area contributed by atoms with Gasteiger partial charge in [-0.25, -0.2) is 4.98 Å². The molecule has 6 rings (SSSR count). The molecular weight excluding hydrogens is 444 g/mol. The largest absolute Gasteiger partial charge is 0.497 e. The zero-order chi connectivity index (χ0) is 22.0. The molecule has 0 spiro atoms. The number of hydrogen-bond acceptors (Lipinski definition) is 7. The molecule has 3 aromatic heterocycles. The average Bonchev–Trinajstić information content (AvgIpc) is 3.52. The summed E-state index contributed by atoms with van der Waals surface area (Å²) >= 11 is 2.88. The molecule has 2 aromatic carbocycles. The quantitative estimate of drug-likeness (QED) is 0.354. The van der Waals surface area contributed by atoms with Gasteiger partial charge >= 0.3 is 0 Å². The molecule has 1 aliphatic rings. The van der Waals surface area contributed by atoms with Crippen LogP contribution in [0.25, 0.3) is 21.2 Å². The Morgan fingerprint density at radius 1 is 1.12 bits per heavy atom. The lowest BCUT2D eigenvalue weighted by Gasteiger charge is -2.20. The van der Waals surface area contributed by atoms with Gasteiger partial charge in [-0.1, -0.05) is 29.0 Å². The maximum atomic E-state index is 13.6. The number of carbonyl (C=O) groups excluding carboxylic acids is 1. The van der Waals surface area contributed by atoms with E-state index in [-0.39, 0.29) is 17.1 Å². The standard InChI is InChI=1S/C24H16N2O4S2/c1-12-5-8-16-14(10-12)21(27)19-20(17-4-3-9-31-17)26(23(28)22(19)30-16)24-25-15-7-6-13(29-2)11-18(15)32-24/h3-11,20H,1-2H3. The van der Waals surface area contributed by atoms with Crippen molar-refractivity contribution in [3.8, 4) is 5.75 Å². The molecule has 0 fully saturated rings. The number of methoxy groups -OCH3 is 1. The van der Waals surface area contributed by atoms with Gasteiger partial charge in [0, 0.05) is 4.88 Å². The van der Waals surface area contributed by atoms with E-state index in [1.807, 2.05) is 54.8 Å². The molecule has 5 aromatic rings. The number of aromatic nitrogens is 1. The molecule has 32 heavy (non-hydrogen) atoms. The number of aryl methyl sites for hydroxylation is 1. The van der Waals surface area contributed by atoms with Crippen LogP contribution in [0.1, 0.15) is 32.6 Å². The SMILES string of the molecule is COc1ccc2nc(N3C(=O)c4oc5ccc(C)cc5c(=O)c4C3c3cccs3)sc2c1. The number of nitrogens with zero attached hydrogens (tertiary/aromatic N) is 2. The number of benzene rings is 2. The van der Waals surface area contributed by atoms with Crippen LogP contribution in [0.15, 0.2) is 63.1 Å². The van der Waals surface area contributed by atoms with Crippen molar-refractivity contribution < 1.29 is 13.9 Å². The van der Waals surface area contributed by atoms with Crippen LogP contribution in [0.2, 0.25) is 0 Å². The zero-order valence-corrected chi connectivity index (χ0v) is 18.8. The van der Waals surface area contributed by atoms with Crippen LogP contribution >= 0.6 is 22.7 Å². The fourth-order valence-electron chi connectivity index (χ4n) is 4.12. The van der Waals surface area contributed by atoms with E-state index in [2.05, 4.69) is 0 Å². The number of ether oxygens (including phenoxy) is 1. The first kappa shape index (κ1) is 19.2. The minimum atomic E-state index is -0.582. The van der Waals surface area contributed by atoms with Crippen LogP contribution in [0, 0.1) is 6.92 Å². The topological polar surface area (TPSA) is 72.6 Å². The highest BCUT2D eigenvalue weighted by Gasteiger charge is 2.45. The molecule has 1 atom stereocenters. The summed E-state index contributed by atoms with van der Waals surface area (Å²) in [5.41, 5.74) is 2.32. The van der Waals surface area contributed by atoms with Gasteiger partial charge in [-0.2, -0.15) is 0 Å². The van der Waals surface area contributed by atoms with Gasteiger partial charge in [0.2, 0.25) is 5.76 Å². The summed E-state index contributed by atoms with van der Waals surface area (Å²) in [7, 11) is 1.61. The predicted molar refractivity (Wildman–Crippen MR) is 126 cm³/mol. The van der Waals surface area contributed by atoms with Crippen LogP contribution < -0.4 is 15.1 Å². The monoisotopic (exact) mass is 460 g/mol. The Bertz CT molecular complexity index is 1580. The molecule has 4 heterocycles. The van der Waals surface area contributed by atoms with Crippen molar-refractivity contribution in [3.63, 3.8) is 0 Å². The van der Waals surface area contributed by atoms with Gasteiger partial charge < -0.3 is 9.15 Å². The normalized spacial score (nSPS) is 15.6. The Balaban J connectivity index is 1.61. The van der Waals surface area contributed by atoms with E-state index in [1.54, 1.807) is 18.1 Å². The lowest BCUT2D eigenvalue weighted by atomic mass is 10.0. The molecule has 8 heteroatoms. The van der Waals surface area contributed by atoms with E-state index in [9.17, 15) is 9.59 Å². The van der Waals surface area contributed by atoms with Crippen molar-refractivity contribution in [1.82, 2.24) is 4.98 Å². The highest BCUT2D eigenvalue weighted by atomic mass is 32.1. The van der Waals surface area contributed by atoms with Gasteiger partial charge in [0.1, 0.15) is 17.4 Å². The molecule has 0 radical (unpaired) electrons. The number of thiophene rings is 1. The fourth-order valence-corrected chi connectivity index (χ4v) is 5.97. The van der Waals surface area contributed by atoms with E-state index in [0.29, 0.717) is 21.7 Å². The summed E-state index contributed by atoms with van der Waals surface area (Å²) in [6.07, 6.45) is 0. The van der Waals surface area contributed by atoms with Gasteiger partial charge in [0.15, 0.2) is 10.6 Å². The van der Waals surface area contributed by atoms with Crippen molar-refractivity contribution in [2.45, 2.75) is 13.0 Å². The first-order valence-electron chi connectivity index (χ1n) is 9.94. The molecule has 6 nitrogen and oxygen atoms in total. The number of rotatable bonds is 3. The summed E-state index contributed by atoms with van der Waals surface area (Å²) < 4.78 is 12.2. The van der Waals surface area contributed by atoms with Crippen molar-refractivity contribution in [3.05, 3.63) is 85.9 Å². The minimum absolute atomic E-state index is 0.0848. The van der Waals surface area contributed by atoms with E-state index < -0.39 is 6.04 Å². The third-order valence-corrected chi connectivity index (χ3v) is 7.57. The summed E-state index contributed by atoms with van der Waals surface area (Å²) in [4.78, 5) is 34.4. The third kappa shape index (κ3) is 2.73. The van der Waals surface area contributed by atoms with Crippen molar-refractivity contribution in [2.24, 2.45) is 0 Å². The number of hydrogen-bond donors (Lipinski definition) is 0. The second-order valence-electron chi connectivity index (χ2n) is 7.60. The average molecular weight is 461 g/mol. The van der Waals surface area contributed by atoms with Crippen LogP contribution in [0.4, 0.5) is 5.13 Å². The van der Waals surface area contributed by atoms with Gasteiger partial charge in [-0.3, -0.25) is 14.5 Å². The van der Waals surface area contributed by atoms with Crippen molar-refractivity contribution >= 4 is 54.9 Å². The maximum Gasteiger partial charge on any atom is 0.297 e. The molecule has 0 N–H and O–H groups in total. The number of fused-ring (bicyclic) bond motifs is 3. The Kier molecular flexibility index (Phi) is 4.21. The van der Waals surface area contributed by atoms with Crippen molar-refractivity contribution in [2.75, 3.05) is 12.0 Å². The fraction of sp³-hybridized carbons (Fsp3) is 0.125. The molecule has 1 amide bonds. The summed E-state index contributed by atoms with van der Waals surface area (Å²) in [6, 6.07) is 14.3. The third-order valence-electron chi connectivity index (χ3n) is 5.63. The van der Waals surface area contributed by atoms with E-state index >= 15 is 0 Å². The lowest BCUT2D eigenvalue weighted by Crippen LogP contribution is -2.28. The molecular formula is C24H16N2O4S2. The van der Waals surface area contributed by atoms with E-state index in [4.69, 9.17) is 14.1 Å². The number of carbonyl (C=O) groups is 1. The first-order valence-corrected chi connectivity index (χ1v) is 11.6. The molecule has 0 aliphatic carbocycles. The van der Waals surface area contributed by atoms with Gasteiger partial charge in [0.05, 0.1) is 28.3 Å². The number of anilines is 1. The zero-order valence-electron chi connectivity index (χ0n) is 17.1. The van der Waals surface area contributed by atoms with Gasteiger partial charge in [-0.05, 0) is 48.7 Å². The smallest absolute Gasteiger partial charge is 0.297 e. The first-order chi connectivity index (χ1) is 15.5. The molecule has 1 unspecified atom stereocenters. The summed E-state index contributed by atoms with van der Waals surface area (Å²) in [5, 5.41) is 2.93. The predicted octanol–water partition coefficient (Wildman–Crippen LogP) is 5.53. The number of amides is 1. The molecule has 0 saturated carbocycles. The maximum absolute atomic E-state index is 13.6. The molecule has 0 bridgehead atoms. The van der Waals surface area contributed by atoms with Gasteiger partial charge in [0.25, 0.3) is 5.91 Å². The Hall–Kier alpha value is -3.49. The van der Waals surface area contributed by atoms with Crippen LogP contribution in [0.5, 0.6) is 5.75 Å². The Morgan fingerprint density at radius 3 is 2.78 bits per heavy atom.